The van der Waals surface area contributed by atoms with E-state index in [2.05, 4.69) is 14.7 Å². The second-order valence-corrected chi connectivity index (χ2v) is 6.12. The monoisotopic (exact) mass is 305 g/mol. The van der Waals surface area contributed by atoms with E-state index in [0.717, 1.165) is 0 Å². The fourth-order valence-corrected chi connectivity index (χ4v) is 2.90. The first-order chi connectivity index (χ1) is 8.37. The molecule has 0 aliphatic rings. The highest BCUT2D eigenvalue weighted by atomic mass is 35.5. The van der Waals surface area contributed by atoms with Crippen molar-refractivity contribution >= 4 is 38.9 Å². The molecule has 2 rings (SSSR count). The average molecular weight is 306 g/mol. The maximum absolute atomic E-state index is 12.0. The van der Waals surface area contributed by atoms with Crippen LogP contribution in [0.1, 0.15) is 5.82 Å². The van der Waals surface area contributed by atoms with Gasteiger partial charge in [-0.2, -0.15) is 8.42 Å². The zero-order chi connectivity index (χ0) is 13.3. The predicted octanol–water partition coefficient (Wildman–Crippen LogP) is 2.83. The van der Waals surface area contributed by atoms with E-state index in [1.165, 1.54) is 24.4 Å². The highest BCUT2D eigenvalue weighted by Gasteiger charge is 2.16. The van der Waals surface area contributed by atoms with Crippen molar-refractivity contribution in [3.05, 3.63) is 40.3 Å². The average Bonchev–Trinajstić information content (AvgIpc) is 2.62. The summed E-state index contributed by atoms with van der Waals surface area (Å²) in [6.45, 7) is 1.66. The van der Waals surface area contributed by atoms with Crippen LogP contribution in [0, 0.1) is 6.92 Å². The largest absolute Gasteiger partial charge is 0.332 e. The summed E-state index contributed by atoms with van der Waals surface area (Å²) in [5.74, 6) is 0.513. The van der Waals surface area contributed by atoms with Crippen molar-refractivity contribution < 1.29 is 8.42 Å². The molecule has 0 aliphatic heterocycles. The first-order valence-electron chi connectivity index (χ1n) is 4.87. The Bertz CT molecular complexity index is 662. The first-order valence-corrected chi connectivity index (χ1v) is 7.11. The lowest BCUT2D eigenvalue weighted by Crippen LogP contribution is -2.13. The molecule has 1 aromatic carbocycles. The lowest BCUT2D eigenvalue weighted by Gasteiger charge is -2.07. The third-order valence-corrected chi connectivity index (χ3v) is 3.81. The molecule has 18 heavy (non-hydrogen) atoms. The van der Waals surface area contributed by atoms with E-state index in [-0.39, 0.29) is 5.03 Å². The molecule has 2 aromatic rings. The molecule has 0 saturated heterocycles. The van der Waals surface area contributed by atoms with E-state index in [1.54, 1.807) is 6.92 Å². The molecule has 0 atom stereocenters. The SMILES string of the molecule is Cc1ncc(S(=O)(=O)Nc2cc(Cl)cc(Cl)c2)[nH]1. The van der Waals surface area contributed by atoms with Crippen LogP contribution < -0.4 is 4.72 Å². The molecule has 0 amide bonds. The number of nitrogens with zero attached hydrogens (tertiary/aromatic N) is 1. The van der Waals surface area contributed by atoms with Crippen molar-refractivity contribution in [3.63, 3.8) is 0 Å². The number of sulfonamides is 1. The van der Waals surface area contributed by atoms with Crippen molar-refractivity contribution in [3.8, 4) is 0 Å². The van der Waals surface area contributed by atoms with Gasteiger partial charge in [-0.05, 0) is 25.1 Å². The molecule has 0 fully saturated rings. The number of aryl methyl sites for hydroxylation is 1. The number of nitrogens with one attached hydrogen (secondary N) is 2. The highest BCUT2D eigenvalue weighted by Crippen LogP contribution is 2.24. The van der Waals surface area contributed by atoms with Crippen LogP contribution in [0.15, 0.2) is 29.4 Å². The van der Waals surface area contributed by atoms with Crippen LogP contribution in [0.25, 0.3) is 0 Å². The van der Waals surface area contributed by atoms with Gasteiger partial charge >= 0.3 is 0 Å². The zero-order valence-corrected chi connectivity index (χ0v) is 11.6. The smallest absolute Gasteiger partial charge is 0.278 e. The number of anilines is 1. The quantitative estimate of drug-likeness (QED) is 0.915. The molecule has 0 bridgehead atoms. The molecule has 0 unspecified atom stereocenters. The van der Waals surface area contributed by atoms with Gasteiger partial charge in [-0.1, -0.05) is 23.2 Å². The van der Waals surface area contributed by atoms with Gasteiger partial charge in [-0.15, -0.1) is 0 Å². The summed E-state index contributed by atoms with van der Waals surface area (Å²) in [5.41, 5.74) is 0.291. The topological polar surface area (TPSA) is 74.8 Å². The number of halogens is 2. The summed E-state index contributed by atoms with van der Waals surface area (Å²) in [6, 6.07) is 4.45. The van der Waals surface area contributed by atoms with Crippen molar-refractivity contribution in [2.24, 2.45) is 0 Å². The van der Waals surface area contributed by atoms with Gasteiger partial charge in [0.15, 0.2) is 5.03 Å². The lowest BCUT2D eigenvalue weighted by molar-refractivity contribution is 0.598. The van der Waals surface area contributed by atoms with Crippen LogP contribution in [0.3, 0.4) is 0 Å². The molecule has 1 aromatic heterocycles. The number of imidazole rings is 1. The van der Waals surface area contributed by atoms with Gasteiger partial charge in [0.2, 0.25) is 0 Å². The van der Waals surface area contributed by atoms with Crippen LogP contribution in [-0.4, -0.2) is 18.4 Å². The minimum atomic E-state index is -3.71. The van der Waals surface area contributed by atoms with Gasteiger partial charge in [0.05, 0.1) is 11.9 Å². The summed E-state index contributed by atoms with van der Waals surface area (Å²) in [5, 5.41) is 0.679. The summed E-state index contributed by atoms with van der Waals surface area (Å²) in [7, 11) is -3.71. The third-order valence-electron chi connectivity index (χ3n) is 2.08. The molecule has 2 N–H and O–H groups in total. The van der Waals surface area contributed by atoms with Gasteiger partial charge in [-0.25, -0.2) is 4.98 Å². The molecule has 96 valence electrons. The van der Waals surface area contributed by atoms with Crippen LogP contribution in [-0.2, 0) is 10.0 Å². The van der Waals surface area contributed by atoms with Crippen molar-refractivity contribution in [1.29, 1.82) is 0 Å². The van der Waals surface area contributed by atoms with Crippen LogP contribution in [0.5, 0.6) is 0 Å². The summed E-state index contributed by atoms with van der Waals surface area (Å²) in [6.07, 6.45) is 1.24. The number of H-pyrrole nitrogens is 1. The van der Waals surface area contributed by atoms with Crippen molar-refractivity contribution in [2.75, 3.05) is 4.72 Å². The van der Waals surface area contributed by atoms with Gasteiger partial charge in [0.1, 0.15) is 5.82 Å². The normalized spacial score (nSPS) is 11.5. The lowest BCUT2D eigenvalue weighted by atomic mass is 10.3. The summed E-state index contributed by atoms with van der Waals surface area (Å²) >= 11 is 11.6. The van der Waals surface area contributed by atoms with Gasteiger partial charge < -0.3 is 4.98 Å². The fourth-order valence-electron chi connectivity index (χ4n) is 1.36. The minimum Gasteiger partial charge on any atom is -0.332 e. The van der Waals surface area contributed by atoms with E-state index < -0.39 is 10.0 Å². The summed E-state index contributed by atoms with van der Waals surface area (Å²) < 4.78 is 26.3. The number of hydrogen-bond donors (Lipinski definition) is 2. The second-order valence-electron chi connectivity index (χ2n) is 3.60. The highest BCUT2D eigenvalue weighted by molar-refractivity contribution is 7.92. The molecule has 0 saturated carbocycles. The third kappa shape index (κ3) is 2.95. The van der Waals surface area contributed by atoms with Crippen molar-refractivity contribution in [2.45, 2.75) is 11.9 Å². The van der Waals surface area contributed by atoms with E-state index in [9.17, 15) is 8.42 Å². The predicted molar refractivity (Wildman–Crippen MR) is 70.6 cm³/mol. The zero-order valence-electron chi connectivity index (χ0n) is 9.24. The Hall–Kier alpha value is -1.24. The second kappa shape index (κ2) is 4.79. The van der Waals surface area contributed by atoms with Gasteiger partial charge in [0, 0.05) is 10.0 Å². The molecule has 0 aliphatic carbocycles. The molecular weight excluding hydrogens is 297 g/mol. The van der Waals surface area contributed by atoms with E-state index in [4.69, 9.17) is 23.2 Å². The summed E-state index contributed by atoms with van der Waals surface area (Å²) in [4.78, 5) is 6.47. The number of benzene rings is 1. The molecule has 0 spiro atoms. The van der Waals surface area contributed by atoms with Crippen LogP contribution in [0.2, 0.25) is 10.0 Å². The van der Waals surface area contributed by atoms with Crippen LogP contribution >= 0.6 is 23.2 Å². The maximum atomic E-state index is 12.0. The van der Waals surface area contributed by atoms with E-state index in [0.29, 0.717) is 21.6 Å². The van der Waals surface area contributed by atoms with E-state index in [1.807, 2.05) is 0 Å². The Morgan fingerprint density at radius 3 is 2.33 bits per heavy atom. The van der Waals surface area contributed by atoms with Gasteiger partial charge in [-0.3, -0.25) is 4.72 Å². The Labute approximate surface area is 114 Å². The van der Waals surface area contributed by atoms with E-state index >= 15 is 0 Å². The Balaban J connectivity index is 2.33. The number of aromatic nitrogens is 2. The number of rotatable bonds is 3. The Morgan fingerprint density at radius 1 is 1.22 bits per heavy atom. The maximum Gasteiger partial charge on any atom is 0.278 e. The Morgan fingerprint density at radius 2 is 1.83 bits per heavy atom. The first kappa shape index (κ1) is 13.2. The fraction of sp³-hybridized carbons (Fsp3) is 0.100. The Kier molecular flexibility index (Phi) is 3.52. The minimum absolute atomic E-state index is 0.0175. The van der Waals surface area contributed by atoms with Crippen molar-refractivity contribution in [1.82, 2.24) is 9.97 Å². The molecule has 1 heterocycles. The molecule has 8 heteroatoms. The van der Waals surface area contributed by atoms with Gasteiger partial charge in [0.25, 0.3) is 10.0 Å². The molecular formula is C10H9Cl2N3O2S. The standard InChI is InChI=1S/C10H9Cl2N3O2S/c1-6-13-5-10(14-6)18(16,17)15-9-3-7(11)2-8(12)4-9/h2-5,15H,1H3,(H,13,14). The molecule has 5 nitrogen and oxygen atoms in total. The number of aromatic amines is 1. The number of hydrogen-bond acceptors (Lipinski definition) is 3. The van der Waals surface area contributed by atoms with Crippen LogP contribution in [0.4, 0.5) is 5.69 Å². The molecule has 0 radical (unpaired) electrons.